The normalized spacial score (nSPS) is 12.8. The molecule has 110 valence electrons. The van der Waals surface area contributed by atoms with Crippen molar-refractivity contribution < 1.29 is 8.42 Å². The van der Waals surface area contributed by atoms with Crippen LogP contribution >= 0.6 is 11.3 Å². The van der Waals surface area contributed by atoms with Crippen molar-refractivity contribution in [2.45, 2.75) is 57.5 Å². The molecule has 0 saturated heterocycles. The van der Waals surface area contributed by atoms with Gasteiger partial charge in [0.05, 0.1) is 4.90 Å². The first-order valence-electron chi connectivity index (χ1n) is 6.63. The first kappa shape index (κ1) is 16.6. The van der Waals surface area contributed by atoms with E-state index in [1.165, 1.54) is 11.3 Å². The van der Waals surface area contributed by atoms with Crippen LogP contribution in [0.25, 0.3) is 0 Å². The minimum absolute atomic E-state index is 0.405. The maximum atomic E-state index is 12.4. The van der Waals surface area contributed by atoms with E-state index < -0.39 is 15.6 Å². The monoisotopic (exact) mass is 304 g/mol. The summed E-state index contributed by atoms with van der Waals surface area (Å²) in [5, 5.41) is 5.07. The van der Waals surface area contributed by atoms with Crippen LogP contribution in [-0.4, -0.2) is 20.5 Å². The van der Waals surface area contributed by atoms with Crippen molar-refractivity contribution in [3.05, 3.63) is 16.3 Å². The standard InChI is InChI=1S/C13H24N2O2S2/c1-5-8-14-10-11-12(7-9-18-11)19(16,17)15-13(3,4)6-2/h7,9,14-15H,5-6,8,10H2,1-4H3. The van der Waals surface area contributed by atoms with Gasteiger partial charge in [-0.2, -0.15) is 0 Å². The molecule has 0 fully saturated rings. The minimum atomic E-state index is -3.43. The molecule has 1 aromatic rings. The van der Waals surface area contributed by atoms with Crippen molar-refractivity contribution in [1.29, 1.82) is 0 Å². The topological polar surface area (TPSA) is 58.2 Å². The van der Waals surface area contributed by atoms with Crippen LogP contribution in [0.2, 0.25) is 0 Å². The highest BCUT2D eigenvalue weighted by atomic mass is 32.2. The Morgan fingerprint density at radius 2 is 2.00 bits per heavy atom. The average molecular weight is 304 g/mol. The van der Waals surface area contributed by atoms with Gasteiger partial charge in [-0.1, -0.05) is 13.8 Å². The van der Waals surface area contributed by atoms with Gasteiger partial charge in [0.2, 0.25) is 10.0 Å². The highest BCUT2D eigenvalue weighted by Gasteiger charge is 2.26. The summed E-state index contributed by atoms with van der Waals surface area (Å²) in [4.78, 5) is 1.27. The summed E-state index contributed by atoms with van der Waals surface area (Å²) in [6, 6.07) is 1.68. The van der Waals surface area contributed by atoms with Crippen LogP contribution in [0.1, 0.15) is 45.4 Å². The fraction of sp³-hybridized carbons (Fsp3) is 0.692. The summed E-state index contributed by atoms with van der Waals surface area (Å²) >= 11 is 1.48. The lowest BCUT2D eigenvalue weighted by Gasteiger charge is -2.24. The first-order valence-corrected chi connectivity index (χ1v) is 8.99. The minimum Gasteiger partial charge on any atom is -0.312 e. The van der Waals surface area contributed by atoms with Crippen molar-refractivity contribution in [1.82, 2.24) is 10.0 Å². The molecule has 1 heterocycles. The number of sulfonamides is 1. The summed E-state index contributed by atoms with van der Waals surface area (Å²) in [6.07, 6.45) is 1.79. The van der Waals surface area contributed by atoms with E-state index in [0.29, 0.717) is 11.4 Å². The number of hydrogen-bond acceptors (Lipinski definition) is 4. The third kappa shape index (κ3) is 4.87. The number of rotatable bonds is 8. The van der Waals surface area contributed by atoms with Crippen LogP contribution in [0.3, 0.4) is 0 Å². The van der Waals surface area contributed by atoms with Crippen LogP contribution < -0.4 is 10.0 Å². The lowest BCUT2D eigenvalue weighted by Crippen LogP contribution is -2.42. The Balaban J connectivity index is 2.87. The van der Waals surface area contributed by atoms with Gasteiger partial charge in [-0.25, -0.2) is 13.1 Å². The first-order chi connectivity index (χ1) is 8.82. The molecule has 0 aliphatic heterocycles. The lowest BCUT2D eigenvalue weighted by atomic mass is 10.0. The van der Waals surface area contributed by atoms with Crippen molar-refractivity contribution in [2.24, 2.45) is 0 Å². The van der Waals surface area contributed by atoms with Crippen LogP contribution in [0.5, 0.6) is 0 Å². The summed E-state index contributed by atoms with van der Waals surface area (Å²) in [6.45, 7) is 9.35. The number of nitrogens with one attached hydrogen (secondary N) is 2. The van der Waals surface area contributed by atoms with E-state index in [-0.39, 0.29) is 0 Å². The van der Waals surface area contributed by atoms with E-state index in [1.54, 1.807) is 6.07 Å². The smallest absolute Gasteiger partial charge is 0.242 e. The molecule has 0 aliphatic carbocycles. The molecule has 0 bridgehead atoms. The van der Waals surface area contributed by atoms with Gasteiger partial charge in [0, 0.05) is 17.0 Å². The Hall–Kier alpha value is -0.430. The van der Waals surface area contributed by atoms with Gasteiger partial charge in [0.1, 0.15) is 0 Å². The van der Waals surface area contributed by atoms with E-state index in [2.05, 4.69) is 17.0 Å². The van der Waals surface area contributed by atoms with E-state index in [1.807, 2.05) is 26.2 Å². The SMILES string of the molecule is CCCNCc1sccc1S(=O)(=O)NC(C)(C)CC. The van der Waals surface area contributed by atoms with E-state index >= 15 is 0 Å². The molecule has 2 N–H and O–H groups in total. The maximum absolute atomic E-state index is 12.4. The van der Waals surface area contributed by atoms with Gasteiger partial charge in [0.15, 0.2) is 0 Å². The Labute approximate surface area is 120 Å². The summed E-state index contributed by atoms with van der Waals surface area (Å²) < 4.78 is 27.5. The third-order valence-electron chi connectivity index (χ3n) is 3.00. The Kier molecular flexibility index (Phi) is 5.98. The van der Waals surface area contributed by atoms with Gasteiger partial charge >= 0.3 is 0 Å². The zero-order chi connectivity index (χ0) is 14.5. The Bertz CT molecular complexity index is 492. The molecule has 0 spiro atoms. The molecule has 0 aromatic carbocycles. The van der Waals surface area contributed by atoms with Gasteiger partial charge in [-0.15, -0.1) is 11.3 Å². The van der Waals surface area contributed by atoms with Crippen molar-refractivity contribution >= 4 is 21.4 Å². The predicted molar refractivity (Wildman–Crippen MR) is 81.0 cm³/mol. The van der Waals surface area contributed by atoms with E-state index in [4.69, 9.17) is 0 Å². The van der Waals surface area contributed by atoms with Gasteiger partial charge in [0.25, 0.3) is 0 Å². The van der Waals surface area contributed by atoms with E-state index in [0.717, 1.165) is 24.3 Å². The number of hydrogen-bond donors (Lipinski definition) is 2. The van der Waals surface area contributed by atoms with E-state index in [9.17, 15) is 8.42 Å². The molecule has 4 nitrogen and oxygen atoms in total. The summed E-state index contributed by atoms with van der Waals surface area (Å²) in [5.41, 5.74) is -0.422. The quantitative estimate of drug-likeness (QED) is 0.726. The molecule has 0 radical (unpaired) electrons. The van der Waals surface area contributed by atoms with Crippen LogP contribution in [0.4, 0.5) is 0 Å². The zero-order valence-corrected chi connectivity index (χ0v) is 13.7. The largest absolute Gasteiger partial charge is 0.312 e. The highest BCUT2D eigenvalue weighted by Crippen LogP contribution is 2.23. The second-order valence-corrected chi connectivity index (χ2v) is 7.88. The fourth-order valence-corrected chi connectivity index (χ4v) is 4.47. The van der Waals surface area contributed by atoms with Gasteiger partial charge in [-0.3, -0.25) is 0 Å². The molecule has 6 heteroatoms. The second kappa shape index (κ2) is 6.83. The van der Waals surface area contributed by atoms with Crippen LogP contribution in [-0.2, 0) is 16.6 Å². The maximum Gasteiger partial charge on any atom is 0.242 e. The molecule has 0 aliphatic rings. The summed E-state index contributed by atoms with van der Waals surface area (Å²) in [7, 11) is -3.43. The molecular formula is C13H24N2O2S2. The van der Waals surface area contributed by atoms with Crippen molar-refractivity contribution in [3.8, 4) is 0 Å². The molecule has 19 heavy (non-hydrogen) atoms. The van der Waals surface area contributed by atoms with Crippen LogP contribution in [0.15, 0.2) is 16.3 Å². The molecule has 0 saturated carbocycles. The second-order valence-electron chi connectivity index (χ2n) is 5.23. The van der Waals surface area contributed by atoms with Gasteiger partial charge in [-0.05, 0) is 44.7 Å². The number of thiophene rings is 1. The van der Waals surface area contributed by atoms with Crippen molar-refractivity contribution in [3.63, 3.8) is 0 Å². The molecule has 0 amide bonds. The lowest BCUT2D eigenvalue weighted by molar-refractivity contribution is 0.439. The molecule has 0 unspecified atom stereocenters. The Morgan fingerprint density at radius 1 is 1.32 bits per heavy atom. The third-order valence-corrected chi connectivity index (χ3v) is 5.83. The predicted octanol–water partition coefficient (Wildman–Crippen LogP) is 2.71. The molecule has 0 atom stereocenters. The van der Waals surface area contributed by atoms with Crippen LogP contribution in [0, 0.1) is 0 Å². The van der Waals surface area contributed by atoms with Gasteiger partial charge < -0.3 is 5.32 Å². The van der Waals surface area contributed by atoms with Crippen molar-refractivity contribution in [2.75, 3.05) is 6.54 Å². The average Bonchev–Trinajstić information content (AvgIpc) is 2.77. The highest BCUT2D eigenvalue weighted by molar-refractivity contribution is 7.89. The zero-order valence-electron chi connectivity index (χ0n) is 12.1. The fourth-order valence-electron chi connectivity index (χ4n) is 1.57. The molecular weight excluding hydrogens is 280 g/mol. The molecule has 1 rings (SSSR count). The Morgan fingerprint density at radius 3 is 2.58 bits per heavy atom. The summed E-state index contributed by atoms with van der Waals surface area (Å²) in [5.74, 6) is 0. The molecule has 1 aromatic heterocycles.